The number of hydrogen-bond acceptors (Lipinski definition) is 4. The molecule has 110 valence electrons. The van der Waals surface area contributed by atoms with Gasteiger partial charge in [-0.05, 0) is 30.7 Å². The highest BCUT2D eigenvalue weighted by Crippen LogP contribution is 2.20. The molecule has 0 saturated carbocycles. The van der Waals surface area contributed by atoms with Crippen LogP contribution in [0.2, 0.25) is 10.0 Å². The number of rotatable bonds is 4. The van der Waals surface area contributed by atoms with Crippen LogP contribution in [-0.4, -0.2) is 10.9 Å². The third-order valence-corrected chi connectivity index (χ3v) is 3.50. The average Bonchev–Trinajstić information content (AvgIpc) is 2.47. The Morgan fingerprint density at radius 1 is 1.29 bits per heavy atom. The number of benzene rings is 1. The molecule has 0 aliphatic carbocycles. The van der Waals surface area contributed by atoms with E-state index in [-0.39, 0.29) is 17.0 Å². The molecule has 1 aromatic heterocycles. The number of aromatic nitrogens is 1. The molecule has 0 bridgehead atoms. The van der Waals surface area contributed by atoms with Crippen LogP contribution in [-0.2, 0) is 0 Å². The quantitative estimate of drug-likeness (QED) is 0.596. The number of pyridine rings is 1. The van der Waals surface area contributed by atoms with Crippen LogP contribution in [0.25, 0.3) is 0 Å². The van der Waals surface area contributed by atoms with E-state index in [1.807, 2.05) is 19.1 Å². The number of nitrogen functional groups attached to an aromatic ring is 1. The van der Waals surface area contributed by atoms with Gasteiger partial charge in [0, 0.05) is 11.2 Å². The zero-order valence-electron chi connectivity index (χ0n) is 11.2. The fraction of sp³-hybridized carbons (Fsp3) is 0.143. The smallest absolute Gasteiger partial charge is 0.253 e. The predicted octanol–water partition coefficient (Wildman–Crippen LogP) is 3.17. The number of amides is 1. The summed E-state index contributed by atoms with van der Waals surface area (Å²) in [6, 6.07) is 8.62. The number of nitrogens with one attached hydrogen (secondary N) is 2. The molecule has 1 heterocycles. The van der Waals surface area contributed by atoms with Crippen LogP contribution in [0.1, 0.15) is 28.9 Å². The molecule has 5 nitrogen and oxygen atoms in total. The van der Waals surface area contributed by atoms with Crippen molar-refractivity contribution in [2.75, 3.05) is 5.43 Å². The normalized spacial score (nSPS) is 11.8. The van der Waals surface area contributed by atoms with Gasteiger partial charge in [-0.15, -0.1) is 0 Å². The highest BCUT2D eigenvalue weighted by atomic mass is 35.5. The molecule has 0 saturated heterocycles. The Kier molecular flexibility index (Phi) is 5.01. The van der Waals surface area contributed by atoms with Crippen molar-refractivity contribution in [3.05, 3.63) is 57.7 Å². The summed E-state index contributed by atoms with van der Waals surface area (Å²) in [6.45, 7) is 1.88. The molecule has 2 rings (SSSR count). The first-order chi connectivity index (χ1) is 10.0. The Morgan fingerprint density at radius 2 is 1.95 bits per heavy atom. The van der Waals surface area contributed by atoms with Gasteiger partial charge in [0.25, 0.3) is 5.91 Å². The maximum absolute atomic E-state index is 12.2. The Labute approximate surface area is 132 Å². The zero-order chi connectivity index (χ0) is 15.4. The number of halogens is 2. The van der Waals surface area contributed by atoms with Crippen molar-refractivity contribution in [2.45, 2.75) is 13.0 Å². The van der Waals surface area contributed by atoms with Crippen LogP contribution in [0.15, 0.2) is 36.5 Å². The van der Waals surface area contributed by atoms with Gasteiger partial charge in [0.05, 0.1) is 16.6 Å². The van der Waals surface area contributed by atoms with E-state index in [1.54, 1.807) is 12.1 Å². The van der Waals surface area contributed by atoms with Gasteiger partial charge < -0.3 is 10.7 Å². The minimum atomic E-state index is -0.268. The minimum Gasteiger partial charge on any atom is -0.345 e. The van der Waals surface area contributed by atoms with E-state index >= 15 is 0 Å². The van der Waals surface area contributed by atoms with Crippen molar-refractivity contribution in [1.82, 2.24) is 10.3 Å². The van der Waals surface area contributed by atoms with E-state index in [0.29, 0.717) is 16.4 Å². The van der Waals surface area contributed by atoms with Gasteiger partial charge in [0.2, 0.25) is 0 Å². The number of nitrogens with zero attached hydrogens (tertiary/aromatic N) is 1. The van der Waals surface area contributed by atoms with Crippen molar-refractivity contribution in [2.24, 2.45) is 5.84 Å². The first-order valence-electron chi connectivity index (χ1n) is 6.19. The van der Waals surface area contributed by atoms with E-state index in [4.69, 9.17) is 29.0 Å². The molecular formula is C14H14Cl2N4O. The van der Waals surface area contributed by atoms with Gasteiger partial charge >= 0.3 is 0 Å². The average molecular weight is 325 g/mol. The van der Waals surface area contributed by atoms with Gasteiger partial charge in [0.15, 0.2) is 5.82 Å². The lowest BCUT2D eigenvalue weighted by Crippen LogP contribution is -2.26. The standard InChI is InChI=1S/C14H14Cl2N4O/c1-8(9-2-4-11(15)5-3-9)19-14(21)10-6-12(16)13(20-17)18-7-10/h2-8H,17H2,1H3,(H,18,20)(H,19,21). The topological polar surface area (TPSA) is 80.0 Å². The molecule has 2 aromatic rings. The van der Waals surface area contributed by atoms with Crippen molar-refractivity contribution in [3.8, 4) is 0 Å². The van der Waals surface area contributed by atoms with Crippen LogP contribution in [0.3, 0.4) is 0 Å². The molecule has 0 radical (unpaired) electrons. The fourth-order valence-electron chi connectivity index (χ4n) is 1.78. The molecule has 1 atom stereocenters. The summed E-state index contributed by atoms with van der Waals surface area (Å²) in [6.07, 6.45) is 1.41. The van der Waals surface area contributed by atoms with E-state index in [1.165, 1.54) is 12.3 Å². The molecule has 4 N–H and O–H groups in total. The van der Waals surface area contributed by atoms with Gasteiger partial charge in [-0.25, -0.2) is 10.8 Å². The number of hydrogen-bond donors (Lipinski definition) is 3. The van der Waals surface area contributed by atoms with Gasteiger partial charge in [-0.3, -0.25) is 4.79 Å². The SMILES string of the molecule is CC(NC(=O)c1cnc(NN)c(Cl)c1)c1ccc(Cl)cc1. The largest absolute Gasteiger partial charge is 0.345 e. The van der Waals surface area contributed by atoms with Crippen LogP contribution < -0.4 is 16.6 Å². The van der Waals surface area contributed by atoms with E-state index in [0.717, 1.165) is 5.56 Å². The van der Waals surface area contributed by atoms with Crippen LogP contribution in [0.4, 0.5) is 5.82 Å². The number of anilines is 1. The van der Waals surface area contributed by atoms with Crippen molar-refractivity contribution in [3.63, 3.8) is 0 Å². The summed E-state index contributed by atoms with van der Waals surface area (Å²) in [5.74, 6) is 5.29. The van der Waals surface area contributed by atoms with Crippen LogP contribution in [0.5, 0.6) is 0 Å². The molecule has 0 spiro atoms. The Balaban J connectivity index is 2.10. The Hall–Kier alpha value is -1.82. The molecule has 21 heavy (non-hydrogen) atoms. The number of nitrogens with two attached hydrogens (primary N) is 1. The minimum absolute atomic E-state index is 0.166. The van der Waals surface area contributed by atoms with Crippen molar-refractivity contribution in [1.29, 1.82) is 0 Å². The summed E-state index contributed by atoms with van der Waals surface area (Å²) < 4.78 is 0. The van der Waals surface area contributed by atoms with Gasteiger partial charge in [-0.1, -0.05) is 35.3 Å². The van der Waals surface area contributed by atoms with E-state index in [9.17, 15) is 4.79 Å². The molecule has 0 fully saturated rings. The summed E-state index contributed by atoms with van der Waals surface area (Å²) in [4.78, 5) is 16.1. The molecule has 7 heteroatoms. The molecule has 0 aliphatic rings. The predicted molar refractivity (Wildman–Crippen MR) is 84.4 cm³/mol. The monoisotopic (exact) mass is 324 g/mol. The molecule has 1 unspecified atom stereocenters. The van der Waals surface area contributed by atoms with Crippen molar-refractivity contribution < 1.29 is 4.79 Å². The lowest BCUT2D eigenvalue weighted by Gasteiger charge is -2.14. The second-order valence-corrected chi connectivity index (χ2v) is 5.29. The highest BCUT2D eigenvalue weighted by Gasteiger charge is 2.13. The zero-order valence-corrected chi connectivity index (χ0v) is 12.7. The summed E-state index contributed by atoms with van der Waals surface area (Å²) >= 11 is 11.8. The number of carbonyl (C=O) groups excluding carboxylic acids is 1. The summed E-state index contributed by atoms with van der Waals surface area (Å²) in [7, 11) is 0. The first kappa shape index (κ1) is 15.6. The summed E-state index contributed by atoms with van der Waals surface area (Å²) in [5, 5.41) is 3.80. The molecular weight excluding hydrogens is 311 g/mol. The lowest BCUT2D eigenvalue weighted by atomic mass is 10.1. The maximum Gasteiger partial charge on any atom is 0.253 e. The first-order valence-corrected chi connectivity index (χ1v) is 6.95. The maximum atomic E-state index is 12.2. The highest BCUT2D eigenvalue weighted by molar-refractivity contribution is 6.33. The Bertz CT molecular complexity index is 646. The molecule has 1 amide bonds. The fourth-order valence-corrected chi connectivity index (χ4v) is 2.13. The second-order valence-electron chi connectivity index (χ2n) is 4.45. The summed E-state index contributed by atoms with van der Waals surface area (Å²) in [5.41, 5.74) is 3.66. The van der Waals surface area contributed by atoms with E-state index < -0.39 is 0 Å². The van der Waals surface area contributed by atoms with Crippen LogP contribution >= 0.6 is 23.2 Å². The third kappa shape index (κ3) is 3.85. The van der Waals surface area contributed by atoms with Gasteiger partial charge in [0.1, 0.15) is 0 Å². The third-order valence-electron chi connectivity index (χ3n) is 2.96. The molecule has 1 aromatic carbocycles. The second kappa shape index (κ2) is 6.76. The molecule has 0 aliphatic heterocycles. The van der Waals surface area contributed by atoms with Crippen LogP contribution in [0, 0.1) is 0 Å². The Morgan fingerprint density at radius 3 is 2.52 bits per heavy atom. The number of hydrazine groups is 1. The van der Waals surface area contributed by atoms with Gasteiger partial charge in [-0.2, -0.15) is 0 Å². The van der Waals surface area contributed by atoms with Crippen molar-refractivity contribution >= 4 is 34.9 Å². The number of carbonyl (C=O) groups is 1. The van der Waals surface area contributed by atoms with E-state index in [2.05, 4.69) is 15.7 Å². The lowest BCUT2D eigenvalue weighted by molar-refractivity contribution is 0.0939.